The van der Waals surface area contributed by atoms with E-state index in [1.165, 1.54) is 4.31 Å². The lowest BCUT2D eigenvalue weighted by molar-refractivity contribution is -0.131. The second-order valence-electron chi connectivity index (χ2n) is 7.64. The number of aryl methyl sites for hydroxylation is 2. The molecular weight excluding hydrogens is 404 g/mol. The van der Waals surface area contributed by atoms with E-state index in [-0.39, 0.29) is 12.7 Å². The maximum atomic E-state index is 12.9. The van der Waals surface area contributed by atoms with Crippen molar-refractivity contribution >= 4 is 15.9 Å². The highest BCUT2D eigenvalue weighted by Gasteiger charge is 2.28. The Morgan fingerprint density at radius 2 is 1.73 bits per heavy atom. The van der Waals surface area contributed by atoms with Crippen LogP contribution in [0.5, 0.6) is 11.5 Å². The minimum Gasteiger partial charge on any atom is -0.454 e. The standard InChI is InChI=1S/C22H26N2O5S/c1-17-3-7-19(8-4-17)30(26,27)24-12-2-11-23(13-14-24)22(25)10-6-18-5-9-20-21(15-18)29-16-28-20/h3-5,7-9,15H,2,6,10-14,16H2,1H3. The van der Waals surface area contributed by atoms with Crippen LogP contribution in [0.1, 0.15) is 24.0 Å². The number of nitrogens with zero attached hydrogens (tertiary/aromatic N) is 2. The van der Waals surface area contributed by atoms with Crippen LogP contribution in [-0.4, -0.2) is 56.5 Å². The van der Waals surface area contributed by atoms with E-state index < -0.39 is 10.0 Å². The van der Waals surface area contributed by atoms with Crippen LogP contribution < -0.4 is 9.47 Å². The Bertz CT molecular complexity index is 1020. The topological polar surface area (TPSA) is 76.2 Å². The van der Waals surface area contributed by atoms with Gasteiger partial charge < -0.3 is 14.4 Å². The van der Waals surface area contributed by atoms with Crippen LogP contribution in [0.25, 0.3) is 0 Å². The van der Waals surface area contributed by atoms with E-state index in [1.54, 1.807) is 29.2 Å². The average molecular weight is 431 g/mol. The molecular formula is C22H26N2O5S. The van der Waals surface area contributed by atoms with E-state index in [0.29, 0.717) is 56.1 Å². The monoisotopic (exact) mass is 430 g/mol. The quantitative estimate of drug-likeness (QED) is 0.729. The normalized spacial score (nSPS) is 17.0. The third-order valence-corrected chi connectivity index (χ3v) is 7.44. The van der Waals surface area contributed by atoms with Gasteiger partial charge in [-0.2, -0.15) is 4.31 Å². The molecule has 30 heavy (non-hydrogen) atoms. The van der Waals surface area contributed by atoms with Gasteiger partial charge in [0.1, 0.15) is 0 Å². The van der Waals surface area contributed by atoms with Gasteiger partial charge in [0, 0.05) is 32.6 Å². The molecule has 0 aromatic heterocycles. The number of sulfonamides is 1. The Balaban J connectivity index is 1.34. The van der Waals surface area contributed by atoms with Gasteiger partial charge in [-0.15, -0.1) is 0 Å². The Hall–Kier alpha value is -2.58. The number of carbonyl (C=O) groups is 1. The molecule has 0 atom stereocenters. The molecule has 0 unspecified atom stereocenters. The van der Waals surface area contributed by atoms with Gasteiger partial charge in [-0.05, 0) is 49.6 Å². The van der Waals surface area contributed by atoms with Gasteiger partial charge in [-0.1, -0.05) is 23.8 Å². The molecule has 2 heterocycles. The highest BCUT2D eigenvalue weighted by Crippen LogP contribution is 2.32. The number of ether oxygens (including phenoxy) is 2. The fraction of sp³-hybridized carbons (Fsp3) is 0.409. The predicted molar refractivity (Wildman–Crippen MR) is 112 cm³/mol. The Labute approximate surface area is 177 Å². The van der Waals surface area contributed by atoms with Crippen LogP contribution >= 0.6 is 0 Å². The van der Waals surface area contributed by atoms with Gasteiger partial charge in [0.15, 0.2) is 11.5 Å². The maximum absolute atomic E-state index is 12.9. The SMILES string of the molecule is Cc1ccc(S(=O)(=O)N2CCCN(C(=O)CCc3ccc4c(c3)OCO4)CC2)cc1. The van der Waals surface area contributed by atoms with Crippen LogP contribution in [0, 0.1) is 6.92 Å². The zero-order valence-electron chi connectivity index (χ0n) is 17.0. The van der Waals surface area contributed by atoms with Crippen molar-refractivity contribution in [3.63, 3.8) is 0 Å². The van der Waals surface area contributed by atoms with Crippen molar-refractivity contribution in [3.8, 4) is 11.5 Å². The van der Waals surface area contributed by atoms with E-state index in [4.69, 9.17) is 9.47 Å². The molecule has 2 aromatic carbocycles. The first-order chi connectivity index (χ1) is 14.4. The van der Waals surface area contributed by atoms with Crippen LogP contribution in [0.2, 0.25) is 0 Å². The number of hydrogen-bond acceptors (Lipinski definition) is 5. The molecule has 4 rings (SSSR count). The molecule has 8 heteroatoms. The number of hydrogen-bond donors (Lipinski definition) is 0. The van der Waals surface area contributed by atoms with Gasteiger partial charge in [0.25, 0.3) is 0 Å². The van der Waals surface area contributed by atoms with Gasteiger partial charge in [-0.3, -0.25) is 4.79 Å². The maximum Gasteiger partial charge on any atom is 0.243 e. The van der Waals surface area contributed by atoms with Crippen LogP contribution in [-0.2, 0) is 21.2 Å². The van der Waals surface area contributed by atoms with Crippen molar-refractivity contribution in [2.75, 3.05) is 33.0 Å². The summed E-state index contributed by atoms with van der Waals surface area (Å²) in [7, 11) is -3.54. The van der Waals surface area contributed by atoms with E-state index in [9.17, 15) is 13.2 Å². The van der Waals surface area contributed by atoms with Gasteiger partial charge in [0.2, 0.25) is 22.7 Å². The molecule has 7 nitrogen and oxygen atoms in total. The second-order valence-corrected chi connectivity index (χ2v) is 9.58. The third-order valence-electron chi connectivity index (χ3n) is 5.53. The van der Waals surface area contributed by atoms with E-state index in [0.717, 1.165) is 16.9 Å². The first kappa shape index (κ1) is 20.7. The molecule has 2 aromatic rings. The average Bonchev–Trinajstić information content (AvgIpc) is 3.05. The summed E-state index contributed by atoms with van der Waals surface area (Å²) in [4.78, 5) is 14.8. The minimum atomic E-state index is -3.54. The first-order valence-corrected chi connectivity index (χ1v) is 11.6. The summed E-state index contributed by atoms with van der Waals surface area (Å²) >= 11 is 0. The summed E-state index contributed by atoms with van der Waals surface area (Å²) in [6, 6.07) is 12.6. The highest BCUT2D eigenvalue weighted by atomic mass is 32.2. The summed E-state index contributed by atoms with van der Waals surface area (Å²) in [5.41, 5.74) is 2.04. The number of fused-ring (bicyclic) bond motifs is 1. The zero-order chi connectivity index (χ0) is 21.1. The first-order valence-electron chi connectivity index (χ1n) is 10.2. The van der Waals surface area contributed by atoms with Gasteiger partial charge in [0.05, 0.1) is 4.90 Å². The largest absolute Gasteiger partial charge is 0.454 e. The number of rotatable bonds is 5. The summed E-state index contributed by atoms with van der Waals surface area (Å²) < 4.78 is 38.1. The molecule has 1 fully saturated rings. The van der Waals surface area contributed by atoms with Crippen molar-refractivity contribution < 1.29 is 22.7 Å². The van der Waals surface area contributed by atoms with Crippen molar-refractivity contribution in [3.05, 3.63) is 53.6 Å². The van der Waals surface area contributed by atoms with Gasteiger partial charge in [-0.25, -0.2) is 8.42 Å². The molecule has 2 aliphatic heterocycles. The number of benzene rings is 2. The van der Waals surface area contributed by atoms with Crippen molar-refractivity contribution in [1.29, 1.82) is 0 Å². The molecule has 0 spiro atoms. The molecule has 1 amide bonds. The Morgan fingerprint density at radius 1 is 0.967 bits per heavy atom. The fourth-order valence-corrected chi connectivity index (χ4v) is 5.22. The number of amides is 1. The van der Waals surface area contributed by atoms with Crippen molar-refractivity contribution in [1.82, 2.24) is 9.21 Å². The fourth-order valence-electron chi connectivity index (χ4n) is 3.75. The van der Waals surface area contributed by atoms with E-state index >= 15 is 0 Å². The lowest BCUT2D eigenvalue weighted by atomic mass is 10.1. The summed E-state index contributed by atoms with van der Waals surface area (Å²) in [5.74, 6) is 1.49. The molecule has 0 aliphatic carbocycles. The van der Waals surface area contributed by atoms with E-state index in [2.05, 4.69) is 0 Å². The van der Waals surface area contributed by atoms with Crippen molar-refractivity contribution in [2.45, 2.75) is 31.1 Å². The van der Waals surface area contributed by atoms with E-state index in [1.807, 2.05) is 25.1 Å². The Morgan fingerprint density at radius 3 is 2.53 bits per heavy atom. The lowest BCUT2D eigenvalue weighted by Gasteiger charge is -2.22. The second kappa shape index (κ2) is 8.65. The molecule has 160 valence electrons. The Kier molecular flexibility index (Phi) is 5.97. The molecule has 0 bridgehead atoms. The third kappa shape index (κ3) is 4.44. The number of carbonyl (C=O) groups excluding carboxylic acids is 1. The van der Waals surface area contributed by atoms with Crippen LogP contribution in [0.4, 0.5) is 0 Å². The molecule has 0 N–H and O–H groups in total. The van der Waals surface area contributed by atoms with Crippen molar-refractivity contribution in [2.24, 2.45) is 0 Å². The van der Waals surface area contributed by atoms with Crippen LogP contribution in [0.15, 0.2) is 47.4 Å². The smallest absolute Gasteiger partial charge is 0.243 e. The summed E-state index contributed by atoms with van der Waals surface area (Å²) in [5, 5.41) is 0. The van der Waals surface area contributed by atoms with Gasteiger partial charge >= 0.3 is 0 Å². The molecule has 2 aliphatic rings. The minimum absolute atomic E-state index is 0.0438. The lowest BCUT2D eigenvalue weighted by Crippen LogP contribution is -2.37. The summed E-state index contributed by atoms with van der Waals surface area (Å²) in [6.45, 7) is 3.86. The summed E-state index contributed by atoms with van der Waals surface area (Å²) in [6.07, 6.45) is 1.61. The molecule has 0 radical (unpaired) electrons. The highest BCUT2D eigenvalue weighted by molar-refractivity contribution is 7.89. The molecule has 1 saturated heterocycles. The predicted octanol–water partition coefficient (Wildman–Crippen LogP) is 2.58. The zero-order valence-corrected chi connectivity index (χ0v) is 17.9. The van der Waals surface area contributed by atoms with Crippen LogP contribution in [0.3, 0.4) is 0 Å². The molecule has 0 saturated carbocycles.